The lowest BCUT2D eigenvalue weighted by Crippen LogP contribution is -2.39. The summed E-state index contributed by atoms with van der Waals surface area (Å²) in [7, 11) is 3.62. The van der Waals surface area contributed by atoms with Crippen molar-refractivity contribution in [2.24, 2.45) is 5.92 Å². The average molecular weight is 342 g/mol. The number of piperidine rings is 1. The third kappa shape index (κ3) is 3.67. The lowest BCUT2D eigenvalue weighted by molar-refractivity contribution is -0.132. The minimum Gasteiger partial charge on any atom is -0.358 e. The van der Waals surface area contributed by atoms with Crippen LogP contribution in [0, 0.1) is 5.92 Å². The Balaban J connectivity index is 1.84. The molecule has 1 amide bonds. The van der Waals surface area contributed by atoms with E-state index in [0.29, 0.717) is 24.7 Å². The molecule has 0 spiro atoms. The number of nitrogens with zero attached hydrogens (tertiary/aromatic N) is 4. The summed E-state index contributed by atoms with van der Waals surface area (Å²) >= 11 is 0. The summed E-state index contributed by atoms with van der Waals surface area (Å²) in [6.07, 6.45) is 2.47. The highest BCUT2D eigenvalue weighted by Gasteiger charge is 2.21. The van der Waals surface area contributed by atoms with Gasteiger partial charge in [0.05, 0.1) is 11.0 Å². The summed E-state index contributed by atoms with van der Waals surface area (Å²) in [5, 5.41) is 0. The fourth-order valence-corrected chi connectivity index (χ4v) is 3.32. The second-order valence-electron chi connectivity index (χ2n) is 7.09. The number of aromatic nitrogens is 2. The van der Waals surface area contributed by atoms with Crippen LogP contribution in [0.1, 0.15) is 26.2 Å². The molecule has 25 heavy (non-hydrogen) atoms. The molecule has 1 aliphatic rings. The van der Waals surface area contributed by atoms with Crippen molar-refractivity contribution in [1.29, 1.82) is 0 Å². The molecule has 1 aromatic heterocycles. The van der Waals surface area contributed by atoms with Gasteiger partial charge < -0.3 is 14.4 Å². The third-order valence-electron chi connectivity index (χ3n) is 4.94. The largest absolute Gasteiger partial charge is 0.358 e. The van der Waals surface area contributed by atoms with Crippen LogP contribution in [0.4, 0.5) is 5.82 Å². The Labute approximate surface area is 148 Å². The Morgan fingerprint density at radius 2 is 1.92 bits per heavy atom. The van der Waals surface area contributed by atoms with Crippen molar-refractivity contribution in [2.45, 2.75) is 32.7 Å². The molecular weight excluding hydrogens is 316 g/mol. The lowest BCUT2D eigenvalue weighted by Gasteiger charge is -2.30. The zero-order valence-electron chi connectivity index (χ0n) is 15.2. The number of hydrogen-bond acceptors (Lipinski definition) is 4. The van der Waals surface area contributed by atoms with Gasteiger partial charge in [-0.2, -0.15) is 0 Å². The van der Waals surface area contributed by atoms with E-state index >= 15 is 0 Å². The average Bonchev–Trinajstić information content (AvgIpc) is 2.60. The van der Waals surface area contributed by atoms with Crippen LogP contribution in [0.15, 0.2) is 29.1 Å². The van der Waals surface area contributed by atoms with Gasteiger partial charge in [0, 0.05) is 40.2 Å². The molecule has 3 rings (SSSR count). The molecule has 6 nitrogen and oxygen atoms in total. The number of para-hydroxylation sites is 2. The van der Waals surface area contributed by atoms with E-state index in [9.17, 15) is 9.59 Å². The van der Waals surface area contributed by atoms with Crippen molar-refractivity contribution in [3.8, 4) is 0 Å². The van der Waals surface area contributed by atoms with E-state index in [1.54, 1.807) is 9.47 Å². The second kappa shape index (κ2) is 7.25. The topological polar surface area (TPSA) is 58.4 Å². The highest BCUT2D eigenvalue weighted by Crippen LogP contribution is 2.17. The molecule has 134 valence electrons. The molecule has 1 aliphatic heterocycles. The SMILES string of the molecule is CC1CCN(C(=O)CCn2c(=O)c(N(C)C)nc3ccccc32)CC1. The Kier molecular flexibility index (Phi) is 5.06. The Bertz CT molecular complexity index is 820. The van der Waals surface area contributed by atoms with Crippen molar-refractivity contribution in [1.82, 2.24) is 14.5 Å². The summed E-state index contributed by atoms with van der Waals surface area (Å²) in [4.78, 5) is 33.4. The quantitative estimate of drug-likeness (QED) is 0.854. The van der Waals surface area contributed by atoms with Gasteiger partial charge in [-0.05, 0) is 30.9 Å². The summed E-state index contributed by atoms with van der Waals surface area (Å²) in [5.41, 5.74) is 1.40. The molecule has 0 unspecified atom stereocenters. The lowest BCUT2D eigenvalue weighted by atomic mass is 9.99. The van der Waals surface area contributed by atoms with Crippen molar-refractivity contribution in [3.63, 3.8) is 0 Å². The molecule has 2 heterocycles. The smallest absolute Gasteiger partial charge is 0.293 e. The second-order valence-corrected chi connectivity index (χ2v) is 7.09. The zero-order chi connectivity index (χ0) is 18.0. The van der Waals surface area contributed by atoms with Crippen molar-refractivity contribution >= 4 is 22.8 Å². The molecule has 1 fully saturated rings. The highest BCUT2D eigenvalue weighted by molar-refractivity contribution is 5.78. The first-order valence-corrected chi connectivity index (χ1v) is 8.92. The van der Waals surface area contributed by atoms with Gasteiger partial charge in [-0.3, -0.25) is 9.59 Å². The monoisotopic (exact) mass is 342 g/mol. The van der Waals surface area contributed by atoms with E-state index in [1.807, 2.05) is 43.3 Å². The molecule has 1 saturated heterocycles. The van der Waals surface area contributed by atoms with Gasteiger partial charge in [0.25, 0.3) is 5.56 Å². The van der Waals surface area contributed by atoms with Gasteiger partial charge in [-0.15, -0.1) is 0 Å². The van der Waals surface area contributed by atoms with Crippen LogP contribution >= 0.6 is 0 Å². The third-order valence-corrected chi connectivity index (χ3v) is 4.94. The first kappa shape index (κ1) is 17.5. The van der Waals surface area contributed by atoms with E-state index in [2.05, 4.69) is 11.9 Å². The maximum Gasteiger partial charge on any atom is 0.293 e. The van der Waals surface area contributed by atoms with Crippen molar-refractivity contribution < 1.29 is 4.79 Å². The van der Waals surface area contributed by atoms with Gasteiger partial charge >= 0.3 is 0 Å². The fourth-order valence-electron chi connectivity index (χ4n) is 3.32. The Morgan fingerprint density at radius 3 is 2.60 bits per heavy atom. The van der Waals surface area contributed by atoms with E-state index in [4.69, 9.17) is 0 Å². The minimum atomic E-state index is -0.149. The van der Waals surface area contributed by atoms with Crippen LogP contribution in [0.25, 0.3) is 11.0 Å². The molecule has 0 aliphatic carbocycles. The number of amides is 1. The van der Waals surface area contributed by atoms with Crippen LogP contribution in [0.2, 0.25) is 0 Å². The standard InChI is InChI=1S/C19H26N4O2/c1-14-8-11-22(12-9-14)17(24)10-13-23-16-7-5-4-6-15(16)20-18(19(23)25)21(2)3/h4-7,14H,8-13H2,1-3H3. The molecule has 0 saturated carbocycles. The predicted molar refractivity (Wildman–Crippen MR) is 99.9 cm³/mol. The molecule has 0 N–H and O–H groups in total. The molecular formula is C19H26N4O2. The maximum absolute atomic E-state index is 12.8. The van der Waals surface area contributed by atoms with Crippen LogP contribution in [-0.4, -0.2) is 47.5 Å². The molecule has 6 heteroatoms. The van der Waals surface area contributed by atoms with E-state index in [-0.39, 0.29) is 11.5 Å². The fraction of sp³-hybridized carbons (Fsp3) is 0.526. The first-order chi connectivity index (χ1) is 12.0. The van der Waals surface area contributed by atoms with Gasteiger partial charge in [0.15, 0.2) is 5.82 Å². The van der Waals surface area contributed by atoms with Gasteiger partial charge in [-0.25, -0.2) is 4.98 Å². The number of carbonyl (C=O) groups is 1. The van der Waals surface area contributed by atoms with Gasteiger partial charge in [0.1, 0.15) is 0 Å². The number of benzene rings is 1. The minimum absolute atomic E-state index is 0.131. The number of hydrogen-bond donors (Lipinski definition) is 0. The molecule has 0 radical (unpaired) electrons. The number of fused-ring (bicyclic) bond motifs is 1. The van der Waals surface area contributed by atoms with Crippen LogP contribution in [0.3, 0.4) is 0 Å². The Hall–Kier alpha value is -2.37. The van der Waals surface area contributed by atoms with Gasteiger partial charge in [0.2, 0.25) is 5.91 Å². The highest BCUT2D eigenvalue weighted by atomic mass is 16.2. The number of likely N-dealkylation sites (tertiary alicyclic amines) is 1. The summed E-state index contributed by atoms with van der Waals surface area (Å²) < 4.78 is 1.68. The number of carbonyl (C=O) groups excluding carboxylic acids is 1. The molecule has 1 aromatic carbocycles. The van der Waals surface area contributed by atoms with Crippen LogP contribution in [-0.2, 0) is 11.3 Å². The van der Waals surface area contributed by atoms with Crippen LogP contribution in [0.5, 0.6) is 0 Å². The van der Waals surface area contributed by atoms with Crippen molar-refractivity contribution in [2.75, 3.05) is 32.1 Å². The van der Waals surface area contributed by atoms with E-state index in [1.165, 1.54) is 0 Å². The number of anilines is 1. The summed E-state index contributed by atoms with van der Waals surface area (Å²) in [5.74, 6) is 1.22. The normalized spacial score (nSPS) is 15.6. The molecule has 2 aromatic rings. The first-order valence-electron chi connectivity index (χ1n) is 8.92. The number of rotatable bonds is 4. The number of aryl methyl sites for hydroxylation is 1. The van der Waals surface area contributed by atoms with Gasteiger partial charge in [-0.1, -0.05) is 19.1 Å². The summed E-state index contributed by atoms with van der Waals surface area (Å²) in [6.45, 7) is 4.27. The van der Waals surface area contributed by atoms with Crippen molar-refractivity contribution in [3.05, 3.63) is 34.6 Å². The predicted octanol–water partition coefficient (Wildman–Crippen LogP) is 2.11. The Morgan fingerprint density at radius 1 is 1.24 bits per heavy atom. The molecule has 0 bridgehead atoms. The zero-order valence-corrected chi connectivity index (χ0v) is 15.2. The van der Waals surface area contributed by atoms with Crippen LogP contribution < -0.4 is 10.5 Å². The molecule has 0 atom stereocenters. The summed E-state index contributed by atoms with van der Waals surface area (Å²) in [6, 6.07) is 7.58. The van der Waals surface area contributed by atoms with E-state index in [0.717, 1.165) is 37.0 Å². The maximum atomic E-state index is 12.8. The van der Waals surface area contributed by atoms with E-state index < -0.39 is 0 Å².